The number of hydrogen-bond donors (Lipinski definition) is 1. The number of rotatable bonds is 11. The largest absolute Gasteiger partial charge is 0.350 e. The van der Waals surface area contributed by atoms with E-state index in [-0.39, 0.29) is 17.3 Å². The van der Waals surface area contributed by atoms with E-state index in [9.17, 15) is 18.0 Å². The first kappa shape index (κ1) is 30.9. The number of carbonyl (C=O) groups excluding carboxylic acids is 2. The van der Waals surface area contributed by atoms with Crippen LogP contribution >= 0.6 is 0 Å². The molecule has 0 unspecified atom stereocenters. The van der Waals surface area contributed by atoms with E-state index in [0.717, 1.165) is 27.4 Å². The molecule has 0 fully saturated rings. The Labute approximate surface area is 239 Å². The van der Waals surface area contributed by atoms with Gasteiger partial charge in [0.1, 0.15) is 12.6 Å². The van der Waals surface area contributed by atoms with Crippen molar-refractivity contribution in [2.75, 3.05) is 10.8 Å². The third kappa shape index (κ3) is 7.94. The van der Waals surface area contributed by atoms with Gasteiger partial charge in [-0.05, 0) is 75.9 Å². The minimum atomic E-state index is -4.08. The molecule has 1 atom stereocenters. The lowest BCUT2D eigenvalue weighted by atomic mass is 10.0. The topological polar surface area (TPSA) is 86.8 Å². The average Bonchev–Trinajstić information content (AvgIpc) is 2.91. The minimum absolute atomic E-state index is 0.0881. The van der Waals surface area contributed by atoms with E-state index in [1.165, 1.54) is 17.0 Å². The molecule has 7 nitrogen and oxygen atoms in total. The van der Waals surface area contributed by atoms with E-state index in [2.05, 4.69) is 5.32 Å². The SMILES string of the molecule is CCc1ccc(N(CC(=O)N(Cc2cccc(C)c2)[C@H](CC)C(=O)NC(C)(C)C)S(=O)(=O)c2ccccc2)cc1. The van der Waals surface area contributed by atoms with Crippen LogP contribution in [0.2, 0.25) is 0 Å². The number of anilines is 1. The maximum atomic E-state index is 14.1. The number of carbonyl (C=O) groups is 2. The Balaban J connectivity index is 2.06. The van der Waals surface area contributed by atoms with Crippen molar-refractivity contribution in [3.63, 3.8) is 0 Å². The van der Waals surface area contributed by atoms with Crippen LogP contribution in [0, 0.1) is 6.92 Å². The van der Waals surface area contributed by atoms with Crippen LogP contribution in [0.25, 0.3) is 0 Å². The van der Waals surface area contributed by atoms with Crippen LogP contribution in [0.1, 0.15) is 57.7 Å². The van der Waals surface area contributed by atoms with Crippen LogP contribution in [0.3, 0.4) is 0 Å². The van der Waals surface area contributed by atoms with Crippen LogP contribution in [-0.2, 0) is 32.6 Å². The van der Waals surface area contributed by atoms with Gasteiger partial charge in [0.05, 0.1) is 10.6 Å². The molecule has 1 N–H and O–H groups in total. The molecule has 0 aromatic heterocycles. The molecule has 0 radical (unpaired) electrons. The van der Waals surface area contributed by atoms with Gasteiger partial charge < -0.3 is 10.2 Å². The fraction of sp³-hybridized carbons (Fsp3) is 0.375. The maximum Gasteiger partial charge on any atom is 0.264 e. The fourth-order valence-corrected chi connectivity index (χ4v) is 5.96. The van der Waals surface area contributed by atoms with Crippen molar-refractivity contribution in [1.82, 2.24) is 10.2 Å². The van der Waals surface area contributed by atoms with Gasteiger partial charge in [0.15, 0.2) is 0 Å². The van der Waals surface area contributed by atoms with Crippen molar-refractivity contribution in [2.24, 2.45) is 0 Å². The summed E-state index contributed by atoms with van der Waals surface area (Å²) in [5.41, 5.74) is 2.84. The predicted molar refractivity (Wildman–Crippen MR) is 160 cm³/mol. The number of amides is 2. The number of aryl methyl sites for hydroxylation is 2. The molecular formula is C32H41N3O4S. The number of nitrogens with zero attached hydrogens (tertiary/aromatic N) is 2. The Bertz CT molecular complexity index is 1400. The summed E-state index contributed by atoms with van der Waals surface area (Å²) in [7, 11) is -4.08. The smallest absolute Gasteiger partial charge is 0.264 e. The molecule has 0 aliphatic heterocycles. The molecule has 40 heavy (non-hydrogen) atoms. The van der Waals surface area contributed by atoms with E-state index in [0.29, 0.717) is 12.1 Å². The molecule has 0 aliphatic rings. The molecule has 0 spiro atoms. The van der Waals surface area contributed by atoms with E-state index in [4.69, 9.17) is 0 Å². The molecule has 0 saturated carbocycles. The van der Waals surface area contributed by atoms with Gasteiger partial charge in [-0.2, -0.15) is 0 Å². The molecule has 3 rings (SSSR count). The summed E-state index contributed by atoms with van der Waals surface area (Å²) in [5.74, 6) is -0.739. The van der Waals surface area contributed by atoms with E-state index < -0.39 is 34.1 Å². The summed E-state index contributed by atoms with van der Waals surface area (Å²) in [6.45, 7) is 11.2. The van der Waals surface area contributed by atoms with Crippen LogP contribution < -0.4 is 9.62 Å². The number of benzene rings is 3. The Morgan fingerprint density at radius 3 is 2.08 bits per heavy atom. The normalized spacial score (nSPS) is 12.4. The number of nitrogens with one attached hydrogen (secondary N) is 1. The van der Waals surface area contributed by atoms with Gasteiger partial charge in [-0.1, -0.05) is 74.0 Å². The van der Waals surface area contributed by atoms with Gasteiger partial charge in [0.25, 0.3) is 10.0 Å². The van der Waals surface area contributed by atoms with Crippen LogP contribution in [-0.4, -0.2) is 43.3 Å². The maximum absolute atomic E-state index is 14.1. The second-order valence-corrected chi connectivity index (χ2v) is 12.9. The Hall–Kier alpha value is -3.65. The average molecular weight is 564 g/mol. The summed E-state index contributed by atoms with van der Waals surface area (Å²) in [4.78, 5) is 29.1. The minimum Gasteiger partial charge on any atom is -0.350 e. The van der Waals surface area contributed by atoms with E-state index in [1.54, 1.807) is 30.3 Å². The van der Waals surface area contributed by atoms with E-state index >= 15 is 0 Å². The van der Waals surface area contributed by atoms with Crippen molar-refractivity contribution in [3.05, 3.63) is 95.6 Å². The first-order valence-corrected chi connectivity index (χ1v) is 15.1. The summed E-state index contributed by atoms with van der Waals surface area (Å²) in [6.07, 6.45) is 1.17. The van der Waals surface area contributed by atoms with Gasteiger partial charge in [0, 0.05) is 12.1 Å². The molecular weight excluding hydrogens is 522 g/mol. The zero-order chi connectivity index (χ0) is 29.5. The fourth-order valence-electron chi connectivity index (χ4n) is 4.53. The highest BCUT2D eigenvalue weighted by atomic mass is 32.2. The zero-order valence-corrected chi connectivity index (χ0v) is 25.2. The van der Waals surface area contributed by atoms with Gasteiger partial charge in [0.2, 0.25) is 11.8 Å². The van der Waals surface area contributed by atoms with Crippen molar-refractivity contribution in [1.29, 1.82) is 0 Å². The second-order valence-electron chi connectivity index (χ2n) is 11.0. The van der Waals surface area contributed by atoms with E-state index in [1.807, 2.05) is 77.9 Å². The van der Waals surface area contributed by atoms with Gasteiger partial charge in [-0.25, -0.2) is 8.42 Å². The summed E-state index contributed by atoms with van der Waals surface area (Å²) in [5, 5.41) is 2.99. The standard InChI is InChI=1S/C32H41N3O4S/c1-7-25-17-19-27(20-18-25)35(40(38,39)28-15-10-9-11-16-28)23-30(36)34(22-26-14-12-13-24(3)21-26)29(8-2)31(37)33-32(4,5)6/h9-21,29H,7-8,22-23H2,1-6H3,(H,33,37)/t29-/m1/s1. The Morgan fingerprint density at radius 1 is 0.875 bits per heavy atom. The number of sulfonamides is 1. The Kier molecular flexibility index (Phi) is 10.1. The highest BCUT2D eigenvalue weighted by Crippen LogP contribution is 2.25. The lowest BCUT2D eigenvalue weighted by Gasteiger charge is -2.35. The predicted octanol–water partition coefficient (Wildman–Crippen LogP) is 5.47. The molecule has 8 heteroatoms. The highest BCUT2D eigenvalue weighted by molar-refractivity contribution is 7.92. The van der Waals surface area contributed by atoms with Crippen LogP contribution in [0.5, 0.6) is 0 Å². The van der Waals surface area contributed by atoms with Gasteiger partial charge >= 0.3 is 0 Å². The van der Waals surface area contributed by atoms with Crippen molar-refractivity contribution >= 4 is 27.5 Å². The van der Waals surface area contributed by atoms with Crippen molar-refractivity contribution in [3.8, 4) is 0 Å². The van der Waals surface area contributed by atoms with Crippen LogP contribution in [0.4, 0.5) is 5.69 Å². The quantitative estimate of drug-likeness (QED) is 0.335. The Morgan fingerprint density at radius 2 is 1.52 bits per heavy atom. The van der Waals surface area contributed by atoms with Crippen molar-refractivity contribution < 1.29 is 18.0 Å². The van der Waals surface area contributed by atoms with Gasteiger partial charge in [-0.3, -0.25) is 13.9 Å². The molecule has 214 valence electrons. The molecule has 0 heterocycles. The second kappa shape index (κ2) is 13.1. The summed E-state index contributed by atoms with van der Waals surface area (Å²) in [6, 6.07) is 22.2. The lowest BCUT2D eigenvalue weighted by Crippen LogP contribution is -2.55. The molecule has 0 saturated heterocycles. The summed E-state index contributed by atoms with van der Waals surface area (Å²) >= 11 is 0. The van der Waals surface area contributed by atoms with Gasteiger partial charge in [-0.15, -0.1) is 0 Å². The summed E-state index contributed by atoms with van der Waals surface area (Å²) < 4.78 is 28.9. The zero-order valence-electron chi connectivity index (χ0n) is 24.3. The van der Waals surface area contributed by atoms with Crippen LogP contribution in [0.15, 0.2) is 83.8 Å². The number of hydrogen-bond acceptors (Lipinski definition) is 4. The third-order valence-corrected chi connectivity index (χ3v) is 8.35. The van der Waals surface area contributed by atoms with Crippen molar-refractivity contribution in [2.45, 2.75) is 77.4 Å². The molecule has 0 aliphatic carbocycles. The first-order valence-electron chi connectivity index (χ1n) is 13.7. The lowest BCUT2D eigenvalue weighted by molar-refractivity contribution is -0.141. The molecule has 3 aromatic carbocycles. The third-order valence-electron chi connectivity index (χ3n) is 6.56. The monoisotopic (exact) mass is 563 g/mol. The molecule has 0 bridgehead atoms. The molecule has 3 aromatic rings. The molecule has 2 amide bonds. The first-order chi connectivity index (χ1) is 18.9. The highest BCUT2D eigenvalue weighted by Gasteiger charge is 2.34.